The molecule has 0 saturated carbocycles. The lowest BCUT2D eigenvalue weighted by molar-refractivity contribution is -0.144. The molecule has 1 aliphatic heterocycles. The Hall–Kier alpha value is -1.30. The van der Waals surface area contributed by atoms with Crippen LogP contribution < -0.4 is 5.73 Å². The molecular formula is C11H20N2O4. The van der Waals surface area contributed by atoms with Gasteiger partial charge in [0.2, 0.25) is 0 Å². The van der Waals surface area contributed by atoms with E-state index >= 15 is 0 Å². The topological polar surface area (TPSA) is 92.9 Å². The van der Waals surface area contributed by atoms with Crippen molar-refractivity contribution in [3.05, 3.63) is 0 Å². The minimum absolute atomic E-state index is 0.157. The molecule has 0 bridgehead atoms. The number of hydrogen-bond acceptors (Lipinski definition) is 4. The van der Waals surface area contributed by atoms with Crippen LogP contribution in [0.15, 0.2) is 0 Å². The second-order valence-corrected chi connectivity index (χ2v) is 4.30. The van der Waals surface area contributed by atoms with E-state index in [1.165, 1.54) is 4.90 Å². The molecule has 0 radical (unpaired) electrons. The Bertz CT molecular complexity index is 283. The molecule has 3 N–H and O–H groups in total. The number of likely N-dealkylation sites (tertiary alicyclic amines) is 1. The molecule has 17 heavy (non-hydrogen) atoms. The van der Waals surface area contributed by atoms with Crippen molar-refractivity contribution in [2.24, 2.45) is 5.73 Å². The summed E-state index contributed by atoms with van der Waals surface area (Å²) in [5, 5.41) is 9.04. The smallest absolute Gasteiger partial charge is 0.410 e. The number of hydrogen-bond donors (Lipinski definition) is 2. The summed E-state index contributed by atoms with van der Waals surface area (Å²) in [7, 11) is 0. The summed E-state index contributed by atoms with van der Waals surface area (Å²) in [5.41, 5.74) is 5.70. The lowest BCUT2D eigenvalue weighted by Crippen LogP contribution is -2.53. The molecule has 6 nitrogen and oxygen atoms in total. The van der Waals surface area contributed by atoms with E-state index in [1.54, 1.807) is 0 Å². The number of rotatable bonds is 4. The number of carboxylic acids is 1. The first-order chi connectivity index (χ1) is 8.06. The number of piperidine rings is 1. The van der Waals surface area contributed by atoms with Crippen LogP contribution in [0.1, 0.15) is 32.6 Å². The van der Waals surface area contributed by atoms with Crippen molar-refractivity contribution in [1.29, 1.82) is 0 Å². The van der Waals surface area contributed by atoms with Gasteiger partial charge in [-0.3, -0.25) is 4.90 Å². The average molecular weight is 244 g/mol. The largest absolute Gasteiger partial charge is 0.480 e. The van der Waals surface area contributed by atoms with Crippen molar-refractivity contribution in [2.75, 3.05) is 13.2 Å². The van der Waals surface area contributed by atoms with Crippen molar-refractivity contribution < 1.29 is 19.4 Å². The van der Waals surface area contributed by atoms with Crippen molar-refractivity contribution >= 4 is 12.1 Å². The van der Waals surface area contributed by atoms with Gasteiger partial charge < -0.3 is 15.6 Å². The molecule has 1 rings (SSSR count). The van der Waals surface area contributed by atoms with Crippen molar-refractivity contribution in [3.8, 4) is 0 Å². The highest BCUT2D eigenvalue weighted by molar-refractivity contribution is 5.80. The molecule has 1 heterocycles. The summed E-state index contributed by atoms with van der Waals surface area (Å²) in [5.74, 6) is -1.02. The Balaban J connectivity index is 2.54. The molecule has 2 atom stereocenters. The summed E-state index contributed by atoms with van der Waals surface area (Å²) < 4.78 is 5.02. The highest BCUT2D eigenvalue weighted by Crippen LogP contribution is 2.17. The zero-order valence-electron chi connectivity index (χ0n) is 10.1. The van der Waals surface area contributed by atoms with Crippen molar-refractivity contribution in [3.63, 3.8) is 0 Å². The summed E-state index contributed by atoms with van der Waals surface area (Å²) in [6.07, 6.45) is 2.08. The number of aliphatic carboxylic acids is 1. The van der Waals surface area contributed by atoms with Gasteiger partial charge in [0.25, 0.3) is 0 Å². The molecule has 1 fully saturated rings. The predicted molar refractivity (Wildman–Crippen MR) is 61.6 cm³/mol. The second-order valence-electron chi connectivity index (χ2n) is 4.30. The third-order valence-electron chi connectivity index (χ3n) is 2.89. The Labute approximate surface area is 101 Å². The number of unbranched alkanes of at least 4 members (excludes halogenated alkanes) is 1. The van der Waals surface area contributed by atoms with Crippen LogP contribution >= 0.6 is 0 Å². The molecule has 1 amide bonds. The summed E-state index contributed by atoms with van der Waals surface area (Å²) in [4.78, 5) is 24.0. The van der Waals surface area contributed by atoms with E-state index in [9.17, 15) is 9.59 Å². The fourth-order valence-electron chi connectivity index (χ4n) is 1.83. The first-order valence-electron chi connectivity index (χ1n) is 5.98. The number of carbonyl (C=O) groups excluding carboxylic acids is 1. The Morgan fingerprint density at radius 3 is 2.82 bits per heavy atom. The fraction of sp³-hybridized carbons (Fsp3) is 0.818. The monoisotopic (exact) mass is 244 g/mol. The third kappa shape index (κ3) is 3.89. The molecule has 0 spiro atoms. The van der Waals surface area contributed by atoms with E-state index in [-0.39, 0.29) is 12.5 Å². The van der Waals surface area contributed by atoms with Crippen molar-refractivity contribution in [2.45, 2.75) is 44.7 Å². The Kier molecular flexibility index (Phi) is 5.21. The van der Waals surface area contributed by atoms with Crippen LogP contribution in [-0.4, -0.2) is 47.3 Å². The maximum absolute atomic E-state index is 11.7. The maximum Gasteiger partial charge on any atom is 0.410 e. The van der Waals surface area contributed by atoms with Gasteiger partial charge in [0.1, 0.15) is 6.04 Å². The minimum atomic E-state index is -1.02. The van der Waals surface area contributed by atoms with Gasteiger partial charge in [-0.05, 0) is 19.3 Å². The number of amides is 1. The third-order valence-corrected chi connectivity index (χ3v) is 2.89. The van der Waals surface area contributed by atoms with Gasteiger partial charge in [-0.1, -0.05) is 13.3 Å². The lowest BCUT2D eigenvalue weighted by Gasteiger charge is -2.34. The van der Waals surface area contributed by atoms with Gasteiger partial charge in [-0.15, -0.1) is 0 Å². The Morgan fingerprint density at radius 1 is 1.53 bits per heavy atom. The standard InChI is InChI=1S/C11H20N2O4/c1-2-3-6-17-11(16)13-5-4-8(12)7-9(13)10(14)15/h8-9H,2-7,12H2,1H3,(H,14,15). The van der Waals surface area contributed by atoms with E-state index in [0.717, 1.165) is 12.8 Å². The maximum atomic E-state index is 11.7. The summed E-state index contributed by atoms with van der Waals surface area (Å²) in [6.45, 7) is 2.68. The number of carboxylic acid groups (broad SMARTS) is 1. The SMILES string of the molecule is CCCCOC(=O)N1CCC(N)CC1C(=O)O. The molecule has 98 valence electrons. The van der Waals surface area contributed by atoms with Crippen LogP contribution in [-0.2, 0) is 9.53 Å². The lowest BCUT2D eigenvalue weighted by atomic mass is 9.98. The highest BCUT2D eigenvalue weighted by Gasteiger charge is 2.35. The minimum Gasteiger partial charge on any atom is -0.480 e. The van der Waals surface area contributed by atoms with E-state index < -0.39 is 18.1 Å². The molecule has 1 aliphatic rings. The summed E-state index contributed by atoms with van der Waals surface area (Å²) in [6, 6.07) is -1.01. The van der Waals surface area contributed by atoms with E-state index in [2.05, 4.69) is 0 Å². The molecule has 0 aliphatic carbocycles. The molecule has 2 unspecified atom stereocenters. The van der Waals surface area contributed by atoms with Crippen LogP contribution in [0.3, 0.4) is 0 Å². The van der Waals surface area contributed by atoms with Gasteiger partial charge in [0, 0.05) is 12.6 Å². The quantitative estimate of drug-likeness (QED) is 0.713. The molecule has 0 aromatic rings. The number of nitrogens with two attached hydrogens (primary N) is 1. The average Bonchev–Trinajstić information content (AvgIpc) is 2.29. The Morgan fingerprint density at radius 2 is 2.24 bits per heavy atom. The van der Waals surface area contributed by atoms with Gasteiger partial charge in [-0.2, -0.15) is 0 Å². The van der Waals surface area contributed by atoms with Gasteiger partial charge in [0.15, 0.2) is 0 Å². The molecule has 0 aromatic heterocycles. The molecule has 0 aromatic carbocycles. The van der Waals surface area contributed by atoms with E-state index in [1.807, 2.05) is 6.92 Å². The van der Waals surface area contributed by atoms with Gasteiger partial charge in [-0.25, -0.2) is 9.59 Å². The predicted octanol–water partition coefficient (Wildman–Crippen LogP) is 0.799. The molecule has 6 heteroatoms. The second kappa shape index (κ2) is 6.44. The number of ether oxygens (including phenoxy) is 1. The first-order valence-corrected chi connectivity index (χ1v) is 5.98. The normalized spacial score (nSPS) is 24.5. The van der Waals surface area contributed by atoms with Gasteiger partial charge >= 0.3 is 12.1 Å². The first kappa shape index (κ1) is 13.8. The van der Waals surface area contributed by atoms with Crippen LogP contribution in [0, 0.1) is 0 Å². The number of carbonyl (C=O) groups is 2. The van der Waals surface area contributed by atoms with Crippen molar-refractivity contribution in [1.82, 2.24) is 4.90 Å². The molecule has 1 saturated heterocycles. The fourth-order valence-corrected chi connectivity index (χ4v) is 1.83. The highest BCUT2D eigenvalue weighted by atomic mass is 16.6. The zero-order chi connectivity index (χ0) is 12.8. The zero-order valence-corrected chi connectivity index (χ0v) is 10.1. The van der Waals surface area contributed by atoms with E-state index in [0.29, 0.717) is 19.6 Å². The van der Waals surface area contributed by atoms with Crippen LogP contribution in [0.25, 0.3) is 0 Å². The van der Waals surface area contributed by atoms with Crippen LogP contribution in [0.4, 0.5) is 4.79 Å². The van der Waals surface area contributed by atoms with E-state index in [4.69, 9.17) is 15.6 Å². The van der Waals surface area contributed by atoms with Gasteiger partial charge in [0.05, 0.1) is 6.61 Å². The number of nitrogens with zero attached hydrogens (tertiary/aromatic N) is 1. The van der Waals surface area contributed by atoms with Crippen LogP contribution in [0.2, 0.25) is 0 Å². The molecular weight excluding hydrogens is 224 g/mol. The summed E-state index contributed by atoms with van der Waals surface area (Å²) >= 11 is 0. The van der Waals surface area contributed by atoms with Crippen LogP contribution in [0.5, 0.6) is 0 Å².